The van der Waals surface area contributed by atoms with E-state index < -0.39 is 6.04 Å². The number of carbonyl (C=O) groups is 2. The fourth-order valence-corrected chi connectivity index (χ4v) is 3.15. The Labute approximate surface area is 165 Å². The van der Waals surface area contributed by atoms with Crippen molar-refractivity contribution in [2.45, 2.75) is 26.1 Å². The largest absolute Gasteiger partial charge is 0.350 e. The molecule has 0 aliphatic heterocycles. The number of hydrogen-bond acceptors (Lipinski definition) is 2. The van der Waals surface area contributed by atoms with Crippen molar-refractivity contribution in [1.82, 2.24) is 10.2 Å². The molecular formula is C24H24N2O2. The SMILES string of the molecule is CC(=O)N(Cc1ccccc1)[C@@H](C(=O)NCc1ccccc1)c1ccccc1. The predicted octanol–water partition coefficient (Wildman–Crippen LogP) is 4.09. The molecular weight excluding hydrogens is 348 g/mol. The smallest absolute Gasteiger partial charge is 0.247 e. The van der Waals surface area contributed by atoms with E-state index in [1.54, 1.807) is 4.90 Å². The summed E-state index contributed by atoms with van der Waals surface area (Å²) in [5.41, 5.74) is 2.79. The van der Waals surface area contributed by atoms with Gasteiger partial charge in [-0.25, -0.2) is 0 Å². The summed E-state index contributed by atoms with van der Waals surface area (Å²) < 4.78 is 0. The molecule has 0 bridgehead atoms. The van der Waals surface area contributed by atoms with E-state index >= 15 is 0 Å². The highest BCUT2D eigenvalue weighted by molar-refractivity contribution is 5.88. The highest BCUT2D eigenvalue weighted by atomic mass is 16.2. The highest BCUT2D eigenvalue weighted by Crippen LogP contribution is 2.24. The molecule has 142 valence electrons. The quantitative estimate of drug-likeness (QED) is 0.679. The summed E-state index contributed by atoms with van der Waals surface area (Å²) in [6.07, 6.45) is 0. The van der Waals surface area contributed by atoms with Crippen LogP contribution in [0, 0.1) is 0 Å². The third-order valence-corrected chi connectivity index (χ3v) is 4.59. The van der Waals surface area contributed by atoms with Gasteiger partial charge >= 0.3 is 0 Å². The summed E-state index contributed by atoms with van der Waals surface area (Å²) in [4.78, 5) is 27.3. The minimum Gasteiger partial charge on any atom is -0.350 e. The molecule has 0 aliphatic carbocycles. The first-order chi connectivity index (χ1) is 13.6. The zero-order valence-corrected chi connectivity index (χ0v) is 15.9. The number of hydrogen-bond donors (Lipinski definition) is 1. The Hall–Kier alpha value is -3.40. The van der Waals surface area contributed by atoms with E-state index in [1.807, 2.05) is 91.0 Å². The molecule has 0 aromatic heterocycles. The molecule has 0 saturated carbocycles. The lowest BCUT2D eigenvalue weighted by Gasteiger charge is -2.30. The number of benzene rings is 3. The molecule has 1 N–H and O–H groups in total. The third kappa shape index (κ3) is 5.07. The molecule has 1 atom stereocenters. The predicted molar refractivity (Wildman–Crippen MR) is 110 cm³/mol. The summed E-state index contributed by atoms with van der Waals surface area (Å²) in [7, 11) is 0. The molecule has 4 nitrogen and oxygen atoms in total. The van der Waals surface area contributed by atoms with Crippen LogP contribution in [0.15, 0.2) is 91.0 Å². The lowest BCUT2D eigenvalue weighted by Crippen LogP contribution is -2.42. The summed E-state index contributed by atoms with van der Waals surface area (Å²) in [5.74, 6) is -0.339. The molecule has 3 rings (SSSR count). The lowest BCUT2D eigenvalue weighted by molar-refractivity contribution is -0.140. The van der Waals surface area contributed by atoms with Gasteiger partial charge in [0.2, 0.25) is 11.8 Å². The summed E-state index contributed by atoms with van der Waals surface area (Å²) in [6, 6.07) is 28.2. The topological polar surface area (TPSA) is 49.4 Å². The van der Waals surface area contributed by atoms with Crippen LogP contribution >= 0.6 is 0 Å². The summed E-state index contributed by atoms with van der Waals surface area (Å²) in [5, 5.41) is 2.99. The Balaban J connectivity index is 1.86. The Bertz CT molecular complexity index is 896. The van der Waals surface area contributed by atoms with Crippen LogP contribution in [0.25, 0.3) is 0 Å². The van der Waals surface area contributed by atoms with Crippen LogP contribution in [0.2, 0.25) is 0 Å². The van der Waals surface area contributed by atoms with Gasteiger partial charge in [0.15, 0.2) is 0 Å². The van der Waals surface area contributed by atoms with Crippen LogP contribution in [0.1, 0.15) is 29.7 Å². The van der Waals surface area contributed by atoms with Crippen LogP contribution in [0.5, 0.6) is 0 Å². The normalized spacial score (nSPS) is 11.5. The zero-order valence-electron chi connectivity index (χ0n) is 15.9. The van der Waals surface area contributed by atoms with Crippen LogP contribution in [-0.4, -0.2) is 16.7 Å². The second kappa shape index (κ2) is 9.51. The van der Waals surface area contributed by atoms with E-state index in [4.69, 9.17) is 0 Å². The maximum absolute atomic E-state index is 13.1. The Morgan fingerprint density at radius 1 is 0.786 bits per heavy atom. The van der Waals surface area contributed by atoms with Gasteiger partial charge in [-0.2, -0.15) is 0 Å². The molecule has 4 heteroatoms. The maximum Gasteiger partial charge on any atom is 0.247 e. The average molecular weight is 372 g/mol. The van der Waals surface area contributed by atoms with E-state index in [0.717, 1.165) is 16.7 Å². The van der Waals surface area contributed by atoms with Gasteiger partial charge in [-0.15, -0.1) is 0 Å². The van der Waals surface area contributed by atoms with Gasteiger partial charge in [0.1, 0.15) is 6.04 Å². The van der Waals surface area contributed by atoms with E-state index in [1.165, 1.54) is 6.92 Å². The van der Waals surface area contributed by atoms with E-state index in [-0.39, 0.29) is 11.8 Å². The Morgan fingerprint density at radius 3 is 1.82 bits per heavy atom. The van der Waals surface area contributed by atoms with Gasteiger partial charge in [-0.05, 0) is 16.7 Å². The molecule has 2 amide bonds. The van der Waals surface area contributed by atoms with Crippen molar-refractivity contribution in [2.75, 3.05) is 0 Å². The first-order valence-electron chi connectivity index (χ1n) is 9.33. The molecule has 3 aromatic rings. The minimum absolute atomic E-state index is 0.146. The van der Waals surface area contributed by atoms with Crippen molar-refractivity contribution in [2.24, 2.45) is 0 Å². The maximum atomic E-state index is 13.1. The number of nitrogens with one attached hydrogen (secondary N) is 1. The van der Waals surface area contributed by atoms with E-state index in [9.17, 15) is 9.59 Å². The average Bonchev–Trinajstić information content (AvgIpc) is 2.74. The molecule has 0 unspecified atom stereocenters. The van der Waals surface area contributed by atoms with Crippen molar-refractivity contribution >= 4 is 11.8 Å². The van der Waals surface area contributed by atoms with Crippen LogP contribution in [0.3, 0.4) is 0 Å². The molecule has 0 heterocycles. The second-order valence-electron chi connectivity index (χ2n) is 6.65. The van der Waals surface area contributed by atoms with Crippen molar-refractivity contribution in [3.05, 3.63) is 108 Å². The van der Waals surface area contributed by atoms with E-state index in [2.05, 4.69) is 5.32 Å². The zero-order chi connectivity index (χ0) is 19.8. The van der Waals surface area contributed by atoms with Gasteiger partial charge in [0, 0.05) is 20.0 Å². The van der Waals surface area contributed by atoms with Crippen molar-refractivity contribution in [1.29, 1.82) is 0 Å². The number of rotatable bonds is 7. The van der Waals surface area contributed by atoms with Crippen LogP contribution < -0.4 is 5.32 Å². The fourth-order valence-electron chi connectivity index (χ4n) is 3.15. The van der Waals surface area contributed by atoms with Gasteiger partial charge in [0.05, 0.1) is 0 Å². The molecule has 28 heavy (non-hydrogen) atoms. The van der Waals surface area contributed by atoms with Crippen LogP contribution in [-0.2, 0) is 22.7 Å². The van der Waals surface area contributed by atoms with Crippen molar-refractivity contribution < 1.29 is 9.59 Å². The molecule has 0 aliphatic rings. The lowest BCUT2D eigenvalue weighted by atomic mass is 10.0. The minimum atomic E-state index is -0.692. The van der Waals surface area contributed by atoms with Gasteiger partial charge < -0.3 is 10.2 Å². The number of carbonyl (C=O) groups excluding carboxylic acids is 2. The first-order valence-corrected chi connectivity index (χ1v) is 9.33. The molecule has 3 aromatic carbocycles. The van der Waals surface area contributed by atoms with Gasteiger partial charge in [-0.3, -0.25) is 9.59 Å². The van der Waals surface area contributed by atoms with Crippen molar-refractivity contribution in [3.8, 4) is 0 Å². The molecule has 0 radical (unpaired) electrons. The summed E-state index contributed by atoms with van der Waals surface area (Å²) in [6.45, 7) is 2.29. The number of nitrogens with zero attached hydrogens (tertiary/aromatic N) is 1. The van der Waals surface area contributed by atoms with Crippen molar-refractivity contribution in [3.63, 3.8) is 0 Å². The molecule has 0 fully saturated rings. The Morgan fingerprint density at radius 2 is 1.29 bits per heavy atom. The first kappa shape index (κ1) is 19.4. The molecule has 0 spiro atoms. The standard InChI is InChI=1S/C24H24N2O2/c1-19(27)26(18-21-13-7-3-8-14-21)23(22-15-9-4-10-16-22)24(28)25-17-20-11-5-2-6-12-20/h2-16,23H,17-18H2,1H3,(H,25,28)/t23-/m1/s1. The monoisotopic (exact) mass is 372 g/mol. The number of amides is 2. The van der Waals surface area contributed by atoms with Crippen LogP contribution in [0.4, 0.5) is 0 Å². The van der Waals surface area contributed by atoms with Gasteiger partial charge in [-0.1, -0.05) is 91.0 Å². The Kier molecular flexibility index (Phi) is 6.58. The second-order valence-corrected chi connectivity index (χ2v) is 6.65. The van der Waals surface area contributed by atoms with Gasteiger partial charge in [0.25, 0.3) is 0 Å². The highest BCUT2D eigenvalue weighted by Gasteiger charge is 2.29. The molecule has 0 saturated heterocycles. The van der Waals surface area contributed by atoms with E-state index in [0.29, 0.717) is 13.1 Å². The third-order valence-electron chi connectivity index (χ3n) is 4.59. The fraction of sp³-hybridized carbons (Fsp3) is 0.167. The summed E-state index contributed by atoms with van der Waals surface area (Å²) >= 11 is 0.